The highest BCUT2D eigenvalue weighted by Crippen LogP contribution is 2.19. The fourth-order valence-corrected chi connectivity index (χ4v) is 4.06. The minimum atomic E-state index is -0.560. The molecule has 0 aliphatic carbocycles. The van der Waals surface area contributed by atoms with Crippen molar-refractivity contribution in [3.8, 4) is 6.07 Å². The molecule has 0 saturated carbocycles. The Labute approximate surface area is 169 Å². The number of thiazole rings is 1. The number of Topliss-reactive ketones (excluding diaryl/α,β-unsaturated/α-hetero) is 1. The molecule has 140 valence electrons. The van der Waals surface area contributed by atoms with E-state index in [0.29, 0.717) is 5.56 Å². The van der Waals surface area contributed by atoms with E-state index in [1.165, 1.54) is 28.8 Å². The third kappa shape index (κ3) is 3.68. The quantitative estimate of drug-likeness (QED) is 0.618. The van der Waals surface area contributed by atoms with Gasteiger partial charge in [-0.2, -0.15) is 5.26 Å². The second-order valence-corrected chi connectivity index (χ2v) is 7.22. The molecule has 0 N–H and O–H groups in total. The minimum absolute atomic E-state index is 0.0882. The Kier molecular flexibility index (Phi) is 5.88. The average molecular weight is 413 g/mol. The zero-order chi connectivity index (χ0) is 20.3. The van der Waals surface area contributed by atoms with Gasteiger partial charge in [-0.25, -0.2) is 4.39 Å². The van der Waals surface area contributed by atoms with Crippen molar-refractivity contribution in [3.63, 3.8) is 0 Å². The van der Waals surface area contributed by atoms with Gasteiger partial charge < -0.3 is 0 Å². The molecule has 0 unspecified atom stereocenters. The van der Waals surface area contributed by atoms with Gasteiger partial charge in [0.25, 0.3) is 5.56 Å². The van der Waals surface area contributed by atoms with Crippen molar-refractivity contribution in [1.82, 2.24) is 4.57 Å². The molecule has 4 nitrogen and oxygen atoms in total. The van der Waals surface area contributed by atoms with Crippen LogP contribution in [0, 0.1) is 17.1 Å². The maximum absolute atomic E-state index is 14.1. The van der Waals surface area contributed by atoms with Gasteiger partial charge in [0, 0.05) is 17.7 Å². The number of nitrogens with zero attached hydrogens (tertiary/aromatic N) is 2. The third-order valence-electron chi connectivity index (χ3n) is 4.09. The van der Waals surface area contributed by atoms with Crippen LogP contribution in [0.3, 0.4) is 0 Å². The van der Waals surface area contributed by atoms with Gasteiger partial charge in [-0.1, -0.05) is 48.0 Å². The largest absolute Gasteiger partial charge is 0.298 e. The van der Waals surface area contributed by atoms with E-state index >= 15 is 0 Å². The Bertz CT molecular complexity index is 1250. The van der Waals surface area contributed by atoms with E-state index in [-0.39, 0.29) is 31.9 Å². The molecule has 1 aromatic heterocycles. The minimum Gasteiger partial charge on any atom is -0.298 e. The van der Waals surface area contributed by atoms with E-state index in [9.17, 15) is 19.2 Å². The molecule has 3 aromatic rings. The molecule has 0 atom stereocenters. The van der Waals surface area contributed by atoms with Gasteiger partial charge in [0.2, 0.25) is 5.78 Å². The lowest BCUT2D eigenvalue weighted by molar-refractivity contribution is 0.105. The van der Waals surface area contributed by atoms with Crippen LogP contribution in [0.2, 0.25) is 5.02 Å². The molecule has 2 aromatic carbocycles. The Balaban J connectivity index is 2.32. The standard InChI is InChI=1S/C21H14ClFN2O2S/c1-2-25-20(27)18(11-14-16(22)9-6-10-17(14)23)28-21(25)15(12-24)19(26)13-7-4-3-5-8-13/h3-11H,2H2,1H3. The fraction of sp³-hybridized carbons (Fsp3) is 0.0952. The number of rotatable bonds is 4. The number of ketones is 1. The maximum Gasteiger partial charge on any atom is 0.269 e. The first kappa shape index (κ1) is 19.7. The predicted octanol–water partition coefficient (Wildman–Crippen LogP) is 3.11. The summed E-state index contributed by atoms with van der Waals surface area (Å²) in [7, 11) is 0. The Morgan fingerprint density at radius 2 is 1.96 bits per heavy atom. The molecule has 0 spiro atoms. The second kappa shape index (κ2) is 8.34. The number of carbonyl (C=O) groups is 1. The lowest BCUT2D eigenvalue weighted by Gasteiger charge is -2.00. The van der Waals surface area contributed by atoms with Gasteiger partial charge in [-0.15, -0.1) is 11.3 Å². The van der Waals surface area contributed by atoms with E-state index in [1.54, 1.807) is 37.3 Å². The highest BCUT2D eigenvalue weighted by molar-refractivity contribution is 7.07. The first-order chi connectivity index (χ1) is 13.5. The van der Waals surface area contributed by atoms with Crippen LogP contribution in [0.15, 0.2) is 53.3 Å². The number of hydrogen-bond donors (Lipinski definition) is 0. The van der Waals surface area contributed by atoms with Gasteiger partial charge in [-0.05, 0) is 25.1 Å². The Morgan fingerprint density at radius 3 is 2.57 bits per heavy atom. The van der Waals surface area contributed by atoms with Crippen molar-refractivity contribution in [2.45, 2.75) is 13.5 Å². The Morgan fingerprint density at radius 1 is 1.25 bits per heavy atom. The topological polar surface area (TPSA) is 62.9 Å². The van der Waals surface area contributed by atoms with Crippen LogP contribution in [0.1, 0.15) is 22.8 Å². The molecule has 0 saturated heterocycles. The number of halogens is 2. The Hall–Kier alpha value is -3.01. The van der Waals surface area contributed by atoms with Gasteiger partial charge in [0.05, 0.1) is 9.55 Å². The van der Waals surface area contributed by atoms with Crippen LogP contribution in [-0.4, -0.2) is 10.4 Å². The van der Waals surface area contributed by atoms with E-state index in [4.69, 9.17) is 11.6 Å². The summed E-state index contributed by atoms with van der Waals surface area (Å²) in [6.45, 7) is 2.00. The summed E-state index contributed by atoms with van der Waals surface area (Å²) in [6.07, 6.45) is 1.35. The number of benzene rings is 2. The summed E-state index contributed by atoms with van der Waals surface area (Å²) in [5, 5.41) is 9.77. The molecule has 7 heteroatoms. The molecule has 28 heavy (non-hydrogen) atoms. The number of aromatic nitrogens is 1. The van der Waals surface area contributed by atoms with E-state index in [1.807, 2.05) is 6.07 Å². The van der Waals surface area contributed by atoms with Crippen LogP contribution < -0.4 is 14.8 Å². The molecule has 1 heterocycles. The highest BCUT2D eigenvalue weighted by atomic mass is 35.5. The molecule has 0 radical (unpaired) electrons. The highest BCUT2D eigenvalue weighted by Gasteiger charge is 2.17. The molecule has 0 bridgehead atoms. The van der Waals surface area contributed by atoms with Gasteiger partial charge in [0.1, 0.15) is 22.1 Å². The molecule has 0 fully saturated rings. The molecule has 3 rings (SSSR count). The molecular weight excluding hydrogens is 399 g/mol. The van der Waals surface area contributed by atoms with Gasteiger partial charge >= 0.3 is 0 Å². The summed E-state index contributed by atoms with van der Waals surface area (Å²) in [4.78, 5) is 25.5. The number of hydrogen-bond acceptors (Lipinski definition) is 4. The SMILES string of the molecule is CCn1c(=C(C#N)C(=O)c2ccccc2)sc(=Cc2c(F)cccc2Cl)c1=O. The first-order valence-electron chi connectivity index (χ1n) is 8.37. The number of nitriles is 1. The molecule has 0 amide bonds. The van der Waals surface area contributed by atoms with Crippen LogP contribution in [0.4, 0.5) is 4.39 Å². The van der Waals surface area contributed by atoms with Gasteiger partial charge in [-0.3, -0.25) is 14.2 Å². The van der Waals surface area contributed by atoms with Crippen LogP contribution in [0.25, 0.3) is 11.6 Å². The number of carbonyl (C=O) groups excluding carboxylic acids is 1. The predicted molar refractivity (Wildman–Crippen MR) is 108 cm³/mol. The summed E-state index contributed by atoms with van der Waals surface area (Å²) in [5.41, 5.74) is -0.0969. The normalized spacial score (nSPS) is 12.6. The van der Waals surface area contributed by atoms with Crippen molar-refractivity contribution in [3.05, 3.63) is 90.0 Å². The fourth-order valence-electron chi connectivity index (χ4n) is 2.70. The van der Waals surface area contributed by atoms with Crippen molar-refractivity contribution in [2.75, 3.05) is 0 Å². The average Bonchev–Trinajstić information content (AvgIpc) is 3.01. The van der Waals surface area contributed by atoms with E-state index in [0.717, 1.165) is 11.3 Å². The zero-order valence-corrected chi connectivity index (χ0v) is 16.4. The summed E-state index contributed by atoms with van der Waals surface area (Å²) < 4.78 is 15.9. The van der Waals surface area contributed by atoms with Gasteiger partial charge in [0.15, 0.2) is 0 Å². The van der Waals surface area contributed by atoms with Crippen LogP contribution >= 0.6 is 22.9 Å². The van der Waals surface area contributed by atoms with Crippen molar-refractivity contribution >= 4 is 40.4 Å². The first-order valence-corrected chi connectivity index (χ1v) is 9.57. The zero-order valence-electron chi connectivity index (χ0n) is 14.8. The van der Waals surface area contributed by atoms with Crippen LogP contribution in [-0.2, 0) is 6.54 Å². The smallest absolute Gasteiger partial charge is 0.269 e. The maximum atomic E-state index is 14.1. The summed E-state index contributed by atoms with van der Waals surface area (Å²) in [5.74, 6) is -1.03. The molecule has 0 aliphatic heterocycles. The van der Waals surface area contributed by atoms with Crippen molar-refractivity contribution < 1.29 is 9.18 Å². The lowest BCUT2D eigenvalue weighted by atomic mass is 10.1. The molecular formula is C21H14ClFN2O2S. The summed E-state index contributed by atoms with van der Waals surface area (Å²) >= 11 is 7.01. The van der Waals surface area contributed by atoms with Crippen molar-refractivity contribution in [2.24, 2.45) is 0 Å². The molecule has 0 aliphatic rings. The van der Waals surface area contributed by atoms with Crippen molar-refractivity contribution in [1.29, 1.82) is 5.26 Å². The summed E-state index contributed by atoms with van der Waals surface area (Å²) in [6, 6.07) is 14.5. The lowest BCUT2D eigenvalue weighted by Crippen LogP contribution is -2.32. The second-order valence-electron chi connectivity index (χ2n) is 5.78. The third-order valence-corrected chi connectivity index (χ3v) is 5.55. The van der Waals surface area contributed by atoms with E-state index in [2.05, 4.69) is 0 Å². The monoisotopic (exact) mass is 412 g/mol. The van der Waals surface area contributed by atoms with Crippen LogP contribution in [0.5, 0.6) is 0 Å². The van der Waals surface area contributed by atoms with E-state index < -0.39 is 17.2 Å².